The van der Waals surface area contributed by atoms with Gasteiger partial charge in [-0.2, -0.15) is 0 Å². The van der Waals surface area contributed by atoms with Crippen LogP contribution >= 0.6 is 0 Å². The van der Waals surface area contributed by atoms with Crippen LogP contribution < -0.4 is 15.8 Å². The van der Waals surface area contributed by atoms with Crippen LogP contribution in [0.15, 0.2) is 18.2 Å². The van der Waals surface area contributed by atoms with Crippen molar-refractivity contribution in [2.75, 3.05) is 19.4 Å². The third-order valence-corrected chi connectivity index (χ3v) is 3.27. The van der Waals surface area contributed by atoms with E-state index in [-0.39, 0.29) is 0 Å². The number of rotatable bonds is 6. The predicted octanol–water partition coefficient (Wildman–Crippen LogP) is 2.66. The van der Waals surface area contributed by atoms with Gasteiger partial charge in [-0.15, -0.1) is 0 Å². The Hall–Kier alpha value is -1.22. The normalized spacial score (nSPS) is 12.8. The van der Waals surface area contributed by atoms with Crippen LogP contribution in [0.5, 0.6) is 5.75 Å². The zero-order valence-electron chi connectivity index (χ0n) is 11.3. The number of anilines is 1. The number of hydrogen-bond donors (Lipinski definition) is 2. The molecule has 1 aromatic rings. The molecule has 1 unspecified atom stereocenters. The average molecular weight is 236 g/mol. The van der Waals surface area contributed by atoms with Crippen LogP contribution in [0, 0.1) is 11.8 Å². The van der Waals surface area contributed by atoms with Gasteiger partial charge in [0.25, 0.3) is 0 Å². The summed E-state index contributed by atoms with van der Waals surface area (Å²) in [5.74, 6) is 2.19. The van der Waals surface area contributed by atoms with E-state index < -0.39 is 0 Å². The lowest BCUT2D eigenvalue weighted by molar-refractivity contribution is 0.392. The Labute approximate surface area is 104 Å². The molecule has 0 fully saturated rings. The fourth-order valence-electron chi connectivity index (χ4n) is 1.53. The summed E-state index contributed by atoms with van der Waals surface area (Å²) in [5, 5.41) is 3.44. The monoisotopic (exact) mass is 236 g/mol. The number of ether oxygens (including phenoxy) is 1. The van der Waals surface area contributed by atoms with Crippen LogP contribution in [-0.2, 0) is 6.54 Å². The molecule has 0 aliphatic heterocycles. The van der Waals surface area contributed by atoms with Crippen molar-refractivity contribution < 1.29 is 4.74 Å². The lowest BCUT2D eigenvalue weighted by Crippen LogP contribution is -2.24. The highest BCUT2D eigenvalue weighted by Crippen LogP contribution is 2.19. The minimum Gasteiger partial charge on any atom is -0.497 e. The van der Waals surface area contributed by atoms with Crippen molar-refractivity contribution in [2.24, 2.45) is 11.8 Å². The number of benzene rings is 1. The van der Waals surface area contributed by atoms with Gasteiger partial charge in [0.05, 0.1) is 7.11 Å². The molecule has 0 saturated heterocycles. The third kappa shape index (κ3) is 4.27. The second-order valence-corrected chi connectivity index (χ2v) is 4.92. The molecular formula is C14H24N2O. The summed E-state index contributed by atoms with van der Waals surface area (Å²) in [4.78, 5) is 0. The Morgan fingerprint density at radius 2 is 2.00 bits per heavy atom. The third-order valence-electron chi connectivity index (χ3n) is 3.27. The summed E-state index contributed by atoms with van der Waals surface area (Å²) in [6, 6.07) is 5.82. The first-order valence-corrected chi connectivity index (χ1v) is 6.17. The van der Waals surface area contributed by atoms with E-state index >= 15 is 0 Å². The average Bonchev–Trinajstić information content (AvgIpc) is 2.30. The van der Waals surface area contributed by atoms with E-state index in [0.717, 1.165) is 30.1 Å². The highest BCUT2D eigenvalue weighted by Gasteiger charge is 2.07. The molecule has 0 saturated carbocycles. The van der Waals surface area contributed by atoms with E-state index in [9.17, 15) is 0 Å². The van der Waals surface area contributed by atoms with Gasteiger partial charge in [-0.1, -0.05) is 26.8 Å². The van der Waals surface area contributed by atoms with Crippen molar-refractivity contribution in [3.8, 4) is 5.75 Å². The van der Waals surface area contributed by atoms with Crippen LogP contribution in [0.25, 0.3) is 0 Å². The van der Waals surface area contributed by atoms with Crippen LogP contribution in [0.4, 0.5) is 5.69 Å². The van der Waals surface area contributed by atoms with E-state index in [1.807, 2.05) is 18.2 Å². The van der Waals surface area contributed by atoms with E-state index in [1.165, 1.54) is 0 Å². The zero-order chi connectivity index (χ0) is 12.8. The quantitative estimate of drug-likeness (QED) is 0.746. The topological polar surface area (TPSA) is 47.3 Å². The van der Waals surface area contributed by atoms with E-state index in [1.54, 1.807) is 7.11 Å². The second-order valence-electron chi connectivity index (χ2n) is 4.92. The molecule has 0 bridgehead atoms. The zero-order valence-corrected chi connectivity index (χ0v) is 11.3. The molecule has 0 aliphatic rings. The molecule has 96 valence electrons. The van der Waals surface area contributed by atoms with E-state index in [4.69, 9.17) is 10.5 Å². The largest absolute Gasteiger partial charge is 0.497 e. The van der Waals surface area contributed by atoms with Gasteiger partial charge in [0.15, 0.2) is 0 Å². The molecule has 1 atom stereocenters. The van der Waals surface area contributed by atoms with Crippen molar-refractivity contribution >= 4 is 5.69 Å². The van der Waals surface area contributed by atoms with Gasteiger partial charge in [0.2, 0.25) is 0 Å². The number of hydrogen-bond acceptors (Lipinski definition) is 3. The van der Waals surface area contributed by atoms with Gasteiger partial charge in [0.1, 0.15) is 5.75 Å². The molecule has 3 heteroatoms. The predicted molar refractivity (Wildman–Crippen MR) is 73.1 cm³/mol. The lowest BCUT2D eigenvalue weighted by Gasteiger charge is -2.16. The fraction of sp³-hybridized carbons (Fsp3) is 0.571. The summed E-state index contributed by atoms with van der Waals surface area (Å²) >= 11 is 0. The highest BCUT2D eigenvalue weighted by molar-refractivity contribution is 5.51. The number of nitrogens with one attached hydrogen (secondary N) is 1. The Morgan fingerprint density at radius 1 is 1.29 bits per heavy atom. The minimum absolute atomic E-state index is 0.675. The van der Waals surface area contributed by atoms with Gasteiger partial charge >= 0.3 is 0 Å². The van der Waals surface area contributed by atoms with Crippen molar-refractivity contribution in [3.63, 3.8) is 0 Å². The van der Waals surface area contributed by atoms with Crippen LogP contribution in [0.2, 0.25) is 0 Å². The maximum Gasteiger partial charge on any atom is 0.120 e. The Bertz CT molecular complexity index is 350. The molecule has 1 rings (SSSR count). The number of nitrogen functional groups attached to an aromatic ring is 1. The van der Waals surface area contributed by atoms with Crippen LogP contribution in [-0.4, -0.2) is 13.7 Å². The van der Waals surface area contributed by atoms with Crippen molar-refractivity contribution in [1.29, 1.82) is 0 Å². The van der Waals surface area contributed by atoms with Crippen molar-refractivity contribution in [3.05, 3.63) is 23.8 Å². The minimum atomic E-state index is 0.675. The molecule has 3 nitrogen and oxygen atoms in total. The number of nitrogens with two attached hydrogens (primary N) is 1. The standard InChI is InChI=1S/C14H24N2O/c1-10(2)11(3)8-16-9-12-5-6-13(17-4)7-14(12)15/h5-7,10-11,16H,8-9,15H2,1-4H3. The summed E-state index contributed by atoms with van der Waals surface area (Å²) in [6.07, 6.45) is 0. The smallest absolute Gasteiger partial charge is 0.120 e. The van der Waals surface area contributed by atoms with Crippen LogP contribution in [0.3, 0.4) is 0 Å². The SMILES string of the molecule is COc1ccc(CNCC(C)C(C)C)c(N)c1. The van der Waals surface area contributed by atoms with Gasteiger partial charge in [0, 0.05) is 18.3 Å². The van der Waals surface area contributed by atoms with E-state index in [2.05, 4.69) is 26.1 Å². The molecule has 0 aliphatic carbocycles. The van der Waals surface area contributed by atoms with E-state index in [0.29, 0.717) is 11.8 Å². The second kappa shape index (κ2) is 6.50. The van der Waals surface area contributed by atoms with Crippen molar-refractivity contribution in [1.82, 2.24) is 5.32 Å². The molecule has 17 heavy (non-hydrogen) atoms. The summed E-state index contributed by atoms with van der Waals surface area (Å²) in [7, 11) is 1.65. The molecule has 0 spiro atoms. The molecule has 3 N–H and O–H groups in total. The maximum absolute atomic E-state index is 5.95. The first-order valence-electron chi connectivity index (χ1n) is 6.17. The first-order chi connectivity index (χ1) is 8.04. The maximum atomic E-state index is 5.95. The molecule has 0 radical (unpaired) electrons. The summed E-state index contributed by atoms with van der Waals surface area (Å²) in [6.45, 7) is 8.58. The lowest BCUT2D eigenvalue weighted by atomic mass is 9.98. The van der Waals surface area contributed by atoms with Gasteiger partial charge in [-0.05, 0) is 30.0 Å². The summed E-state index contributed by atoms with van der Waals surface area (Å²) in [5.41, 5.74) is 7.87. The molecule has 1 aromatic carbocycles. The van der Waals surface area contributed by atoms with Crippen LogP contribution in [0.1, 0.15) is 26.3 Å². The fourth-order valence-corrected chi connectivity index (χ4v) is 1.53. The molecule has 0 aromatic heterocycles. The van der Waals surface area contributed by atoms with Gasteiger partial charge in [-0.25, -0.2) is 0 Å². The van der Waals surface area contributed by atoms with Gasteiger partial charge in [-0.3, -0.25) is 0 Å². The Morgan fingerprint density at radius 3 is 2.53 bits per heavy atom. The molecule has 0 heterocycles. The molecule has 0 amide bonds. The molecular weight excluding hydrogens is 212 g/mol. The Balaban J connectivity index is 2.47. The Kier molecular flexibility index (Phi) is 5.29. The number of methoxy groups -OCH3 is 1. The van der Waals surface area contributed by atoms with Crippen molar-refractivity contribution in [2.45, 2.75) is 27.3 Å². The summed E-state index contributed by atoms with van der Waals surface area (Å²) < 4.78 is 5.12. The van der Waals surface area contributed by atoms with Gasteiger partial charge < -0.3 is 15.8 Å². The first kappa shape index (κ1) is 13.8. The highest BCUT2D eigenvalue weighted by atomic mass is 16.5.